The van der Waals surface area contributed by atoms with Gasteiger partial charge in [-0.15, -0.1) is 0 Å². The van der Waals surface area contributed by atoms with Crippen LogP contribution in [0.3, 0.4) is 0 Å². The molecule has 0 aliphatic heterocycles. The van der Waals surface area contributed by atoms with E-state index in [0.29, 0.717) is 24.0 Å². The first-order valence-corrected chi connectivity index (χ1v) is 3.79. The number of ketones is 1. The average molecular weight is 138 g/mol. The maximum absolute atomic E-state index is 11.0. The van der Waals surface area contributed by atoms with Crippen molar-refractivity contribution in [2.75, 3.05) is 0 Å². The number of Topliss-reactive ketones (excluding diaryl/α,β-unsaturated/α-hetero) is 1. The summed E-state index contributed by atoms with van der Waals surface area (Å²) < 4.78 is 0. The first-order valence-electron chi connectivity index (χ1n) is 3.79. The van der Waals surface area contributed by atoms with E-state index in [1.54, 1.807) is 0 Å². The van der Waals surface area contributed by atoms with Crippen molar-refractivity contribution in [3.8, 4) is 0 Å². The molecule has 0 radical (unpaired) electrons. The van der Waals surface area contributed by atoms with Crippen molar-refractivity contribution in [2.24, 2.45) is 17.8 Å². The summed E-state index contributed by atoms with van der Waals surface area (Å²) in [5.41, 5.74) is 0. The van der Waals surface area contributed by atoms with Gasteiger partial charge in [-0.3, -0.25) is 4.79 Å². The molecule has 2 aliphatic carbocycles. The lowest BCUT2D eigenvalue weighted by Crippen LogP contribution is -2.11. The van der Waals surface area contributed by atoms with Crippen molar-refractivity contribution in [1.29, 1.82) is 0 Å². The first-order chi connectivity index (χ1) is 4.83. The summed E-state index contributed by atoms with van der Waals surface area (Å²) >= 11 is 0. The zero-order chi connectivity index (χ0) is 7.14. The van der Waals surface area contributed by atoms with E-state index in [-0.39, 0.29) is 5.92 Å². The van der Waals surface area contributed by atoms with Gasteiger partial charge in [-0.2, -0.15) is 0 Å². The zero-order valence-electron chi connectivity index (χ0n) is 5.75. The molecule has 0 saturated heterocycles. The quantitative estimate of drug-likeness (QED) is 0.529. The summed E-state index contributed by atoms with van der Waals surface area (Å²) in [7, 11) is 0. The predicted molar refractivity (Wildman–Crippen MR) is 35.4 cm³/mol. The van der Waals surface area contributed by atoms with Crippen LogP contribution in [0.25, 0.3) is 0 Å². The van der Waals surface area contributed by atoms with E-state index < -0.39 is 0 Å². The normalized spacial score (nSPS) is 43.2. The molecule has 0 aromatic carbocycles. The Labute approximate surface area is 59.6 Å². The van der Waals surface area contributed by atoms with Crippen LogP contribution in [-0.4, -0.2) is 12.1 Å². The molecule has 0 aromatic heterocycles. The molecule has 0 bridgehead atoms. The number of fused-ring (bicyclic) bond motifs is 1. The Bertz CT molecular complexity index is 186. The van der Waals surface area contributed by atoms with Gasteiger partial charge in [0.15, 0.2) is 0 Å². The van der Waals surface area contributed by atoms with Crippen LogP contribution in [0.1, 0.15) is 19.3 Å². The Balaban J connectivity index is 2.04. The summed E-state index contributed by atoms with van der Waals surface area (Å²) in [6.45, 7) is 0. The fraction of sp³-hybridized carbons (Fsp3) is 0.750. The Morgan fingerprint density at radius 3 is 2.90 bits per heavy atom. The summed E-state index contributed by atoms with van der Waals surface area (Å²) in [5, 5.41) is 0. The lowest BCUT2D eigenvalue weighted by atomic mass is 9.99. The van der Waals surface area contributed by atoms with Crippen LogP contribution in [0.2, 0.25) is 0 Å². The molecule has 0 amide bonds. The van der Waals surface area contributed by atoms with Crippen molar-refractivity contribution < 1.29 is 9.59 Å². The highest BCUT2D eigenvalue weighted by Crippen LogP contribution is 2.54. The molecule has 3 unspecified atom stereocenters. The van der Waals surface area contributed by atoms with Gasteiger partial charge >= 0.3 is 0 Å². The standard InChI is InChI=1S/C8H10O2/c9-2-1-6-7-3-5(7)4-8(6)10/h2,5-7H,1,3-4H2. The number of carbonyl (C=O) groups is 2. The van der Waals surface area contributed by atoms with Gasteiger partial charge in [-0.1, -0.05) is 0 Å². The maximum Gasteiger partial charge on any atom is 0.136 e. The third kappa shape index (κ3) is 0.713. The fourth-order valence-electron chi connectivity index (χ4n) is 2.06. The van der Waals surface area contributed by atoms with Gasteiger partial charge in [0.2, 0.25) is 0 Å². The van der Waals surface area contributed by atoms with E-state index in [0.717, 1.165) is 12.7 Å². The lowest BCUT2D eigenvalue weighted by molar-refractivity contribution is -0.123. The molecule has 2 saturated carbocycles. The van der Waals surface area contributed by atoms with E-state index in [1.165, 1.54) is 6.42 Å². The summed E-state index contributed by atoms with van der Waals surface area (Å²) in [6, 6.07) is 0. The monoisotopic (exact) mass is 138 g/mol. The van der Waals surface area contributed by atoms with Crippen molar-refractivity contribution in [3.05, 3.63) is 0 Å². The van der Waals surface area contributed by atoms with Crippen molar-refractivity contribution in [3.63, 3.8) is 0 Å². The van der Waals surface area contributed by atoms with Crippen LogP contribution in [0.4, 0.5) is 0 Å². The molecule has 2 rings (SSSR count). The molecule has 0 aromatic rings. The number of hydrogen-bond donors (Lipinski definition) is 0. The third-order valence-electron chi connectivity index (χ3n) is 2.72. The first kappa shape index (κ1) is 6.08. The Hall–Kier alpha value is -0.660. The second-order valence-electron chi connectivity index (χ2n) is 3.34. The van der Waals surface area contributed by atoms with E-state index in [2.05, 4.69) is 0 Å². The van der Waals surface area contributed by atoms with Crippen LogP contribution < -0.4 is 0 Å². The molecular formula is C8H10O2. The van der Waals surface area contributed by atoms with Crippen LogP contribution in [-0.2, 0) is 9.59 Å². The van der Waals surface area contributed by atoms with Gasteiger partial charge in [0.05, 0.1) is 0 Å². The Morgan fingerprint density at radius 1 is 1.60 bits per heavy atom. The molecule has 10 heavy (non-hydrogen) atoms. The number of rotatable bonds is 2. The van der Waals surface area contributed by atoms with Crippen LogP contribution in [0.15, 0.2) is 0 Å². The van der Waals surface area contributed by atoms with Gasteiger partial charge in [-0.25, -0.2) is 0 Å². The second-order valence-corrected chi connectivity index (χ2v) is 3.34. The highest BCUT2D eigenvalue weighted by Gasteiger charge is 2.52. The second kappa shape index (κ2) is 1.91. The number of hydrogen-bond acceptors (Lipinski definition) is 2. The molecule has 0 heterocycles. The Kier molecular flexibility index (Phi) is 1.16. The van der Waals surface area contributed by atoms with Gasteiger partial charge in [0.1, 0.15) is 12.1 Å². The zero-order valence-corrected chi connectivity index (χ0v) is 5.75. The van der Waals surface area contributed by atoms with Crippen LogP contribution in [0.5, 0.6) is 0 Å². The minimum absolute atomic E-state index is 0.113. The third-order valence-corrected chi connectivity index (χ3v) is 2.72. The maximum atomic E-state index is 11.0. The molecule has 0 N–H and O–H groups in total. The van der Waals surface area contributed by atoms with Gasteiger partial charge in [0, 0.05) is 18.8 Å². The lowest BCUT2D eigenvalue weighted by Gasteiger charge is -2.03. The molecule has 0 spiro atoms. The van der Waals surface area contributed by atoms with E-state index in [9.17, 15) is 9.59 Å². The topological polar surface area (TPSA) is 34.1 Å². The van der Waals surface area contributed by atoms with Crippen LogP contribution in [0, 0.1) is 17.8 Å². The van der Waals surface area contributed by atoms with Gasteiger partial charge in [-0.05, 0) is 18.3 Å². The molecular weight excluding hydrogens is 128 g/mol. The molecule has 2 nitrogen and oxygen atoms in total. The van der Waals surface area contributed by atoms with Crippen LogP contribution >= 0.6 is 0 Å². The summed E-state index contributed by atoms with van der Waals surface area (Å²) in [5.74, 6) is 1.70. The summed E-state index contributed by atoms with van der Waals surface area (Å²) in [4.78, 5) is 21.2. The minimum Gasteiger partial charge on any atom is -0.303 e. The molecule has 2 aliphatic rings. The molecule has 54 valence electrons. The SMILES string of the molecule is O=CCC1C(=O)CC2CC21. The highest BCUT2D eigenvalue weighted by molar-refractivity contribution is 5.87. The molecule has 2 heteroatoms. The van der Waals surface area contributed by atoms with Crippen molar-refractivity contribution in [1.82, 2.24) is 0 Å². The number of aldehydes is 1. The highest BCUT2D eigenvalue weighted by atomic mass is 16.1. The Morgan fingerprint density at radius 2 is 2.40 bits per heavy atom. The molecule has 3 atom stereocenters. The smallest absolute Gasteiger partial charge is 0.136 e. The average Bonchev–Trinajstić information content (AvgIpc) is 2.57. The number of carbonyl (C=O) groups excluding carboxylic acids is 2. The predicted octanol–water partition coefficient (Wildman–Crippen LogP) is 0.800. The van der Waals surface area contributed by atoms with E-state index in [4.69, 9.17) is 0 Å². The largest absolute Gasteiger partial charge is 0.303 e. The van der Waals surface area contributed by atoms with Crippen molar-refractivity contribution >= 4 is 12.1 Å². The van der Waals surface area contributed by atoms with Gasteiger partial charge in [0.25, 0.3) is 0 Å². The van der Waals surface area contributed by atoms with Gasteiger partial charge < -0.3 is 4.79 Å². The van der Waals surface area contributed by atoms with E-state index in [1.807, 2.05) is 0 Å². The van der Waals surface area contributed by atoms with E-state index >= 15 is 0 Å². The molecule has 2 fully saturated rings. The fourth-order valence-corrected chi connectivity index (χ4v) is 2.06. The summed E-state index contributed by atoms with van der Waals surface area (Å²) in [6.07, 6.45) is 3.30. The minimum atomic E-state index is 0.113. The van der Waals surface area contributed by atoms with Crippen molar-refractivity contribution in [2.45, 2.75) is 19.3 Å².